The monoisotopic (exact) mass is 425 g/mol. The van der Waals surface area contributed by atoms with E-state index >= 15 is 4.39 Å². The highest BCUT2D eigenvalue weighted by molar-refractivity contribution is 5.90. The molecule has 31 heavy (non-hydrogen) atoms. The van der Waals surface area contributed by atoms with Gasteiger partial charge in [0.25, 0.3) is 0 Å². The third-order valence-electron chi connectivity index (χ3n) is 4.59. The fraction of sp³-hybridized carbons (Fsp3) is 0.250. The highest BCUT2D eigenvalue weighted by atomic mass is 19.1. The van der Waals surface area contributed by atoms with Gasteiger partial charge in [-0.2, -0.15) is 5.26 Å². The molecule has 1 aliphatic rings. The molecule has 4 N–H and O–H groups in total. The number of benzene rings is 1. The van der Waals surface area contributed by atoms with Gasteiger partial charge in [0.1, 0.15) is 12.7 Å². The number of carbonyl (C=O) groups excluding carboxylic acids is 1. The molecule has 1 aliphatic heterocycles. The number of rotatable bonds is 5. The molecule has 3 rings (SSSR count). The van der Waals surface area contributed by atoms with Crippen molar-refractivity contribution < 1.29 is 18.7 Å². The molecule has 10 nitrogen and oxygen atoms in total. The van der Waals surface area contributed by atoms with Gasteiger partial charge in [0.15, 0.2) is 23.4 Å². The Balaban J connectivity index is 1.78. The molecule has 0 saturated heterocycles. The van der Waals surface area contributed by atoms with Crippen molar-refractivity contribution in [3.05, 3.63) is 53.4 Å². The lowest BCUT2D eigenvalue weighted by Crippen LogP contribution is -2.36. The maximum Gasteiger partial charge on any atom is 0.414 e. The number of hydrogen-bond donors (Lipinski definition) is 3. The average molecular weight is 425 g/mol. The van der Waals surface area contributed by atoms with Crippen LogP contribution < -0.4 is 20.7 Å². The fourth-order valence-corrected chi connectivity index (χ4v) is 3.07. The predicted octanol–water partition coefficient (Wildman–Crippen LogP) is 1.91. The van der Waals surface area contributed by atoms with E-state index in [9.17, 15) is 10.1 Å². The average Bonchev–Trinajstić information content (AvgIpc) is 2.78. The molecule has 160 valence electrons. The summed E-state index contributed by atoms with van der Waals surface area (Å²) >= 11 is 0. The number of amides is 1. The summed E-state index contributed by atoms with van der Waals surface area (Å²) in [4.78, 5) is 21.8. The van der Waals surface area contributed by atoms with E-state index in [1.54, 1.807) is 17.3 Å². The number of aromatic nitrogens is 2. The zero-order valence-electron chi connectivity index (χ0n) is 16.7. The van der Waals surface area contributed by atoms with E-state index in [1.165, 1.54) is 19.2 Å². The van der Waals surface area contributed by atoms with Crippen molar-refractivity contribution in [2.24, 2.45) is 5.73 Å². The topological polar surface area (TPSA) is 150 Å². The number of anilines is 1. The van der Waals surface area contributed by atoms with E-state index in [0.29, 0.717) is 31.1 Å². The molecule has 0 fully saturated rings. The van der Waals surface area contributed by atoms with Crippen molar-refractivity contribution in [3.8, 4) is 11.8 Å². The Morgan fingerprint density at radius 3 is 2.74 bits per heavy atom. The standard InChI is InChI=1S/C20H20FN7O3/c1-30-15-9-25-18(26-10-15)12-4-6-28(7-5-12)17-13(8-22)2-3-14(16(17)21)11-31-20(29)27-19(23)24/h2-4,9-10H,5-7,11H2,1H3,(H4,23,24,27,29). The Hall–Kier alpha value is -4.20. The van der Waals surface area contributed by atoms with Crippen LogP contribution in [0.4, 0.5) is 14.9 Å². The van der Waals surface area contributed by atoms with E-state index in [4.69, 9.17) is 20.6 Å². The quantitative estimate of drug-likeness (QED) is 0.485. The Morgan fingerprint density at radius 2 is 2.16 bits per heavy atom. The second-order valence-electron chi connectivity index (χ2n) is 6.53. The summed E-state index contributed by atoms with van der Waals surface area (Å²) in [6.45, 7) is 0.422. The molecule has 0 unspecified atom stereocenters. The molecule has 1 amide bonds. The minimum Gasteiger partial charge on any atom is -0.494 e. The number of nitrogens with one attached hydrogen (secondary N) is 2. The number of carbonyl (C=O) groups is 1. The maximum atomic E-state index is 15.2. The molecule has 0 radical (unpaired) electrons. The first-order chi connectivity index (χ1) is 14.9. The van der Waals surface area contributed by atoms with Crippen molar-refractivity contribution in [2.45, 2.75) is 13.0 Å². The van der Waals surface area contributed by atoms with Crippen molar-refractivity contribution in [2.75, 3.05) is 25.1 Å². The van der Waals surface area contributed by atoms with E-state index in [-0.39, 0.29) is 23.4 Å². The van der Waals surface area contributed by atoms with Crippen LogP contribution in [0.2, 0.25) is 0 Å². The Labute approximate surface area is 177 Å². The van der Waals surface area contributed by atoms with Crippen LogP contribution in [0.3, 0.4) is 0 Å². The summed E-state index contributed by atoms with van der Waals surface area (Å²) in [5.74, 6) is -0.103. The number of nitrogens with zero attached hydrogens (tertiary/aromatic N) is 4. The molecule has 0 atom stereocenters. The van der Waals surface area contributed by atoms with E-state index in [2.05, 4.69) is 9.97 Å². The highest BCUT2D eigenvalue weighted by Crippen LogP contribution is 2.31. The summed E-state index contributed by atoms with van der Waals surface area (Å²) in [5, 5.41) is 18.4. The molecule has 0 aliphatic carbocycles. The van der Waals surface area contributed by atoms with Crippen LogP contribution in [0.25, 0.3) is 5.57 Å². The second-order valence-corrected chi connectivity index (χ2v) is 6.53. The molecular formula is C20H20FN7O3. The highest BCUT2D eigenvalue weighted by Gasteiger charge is 2.23. The van der Waals surface area contributed by atoms with Gasteiger partial charge in [0.2, 0.25) is 0 Å². The van der Waals surface area contributed by atoms with Gasteiger partial charge in [-0.05, 0) is 18.1 Å². The zero-order chi connectivity index (χ0) is 22.4. The Bertz CT molecular complexity index is 1060. The third kappa shape index (κ3) is 5.05. The summed E-state index contributed by atoms with van der Waals surface area (Å²) in [5.41, 5.74) is 6.38. The first kappa shape index (κ1) is 21.5. The van der Waals surface area contributed by atoms with Crippen LogP contribution in [0, 0.1) is 22.6 Å². The molecule has 0 spiro atoms. The van der Waals surface area contributed by atoms with Gasteiger partial charge in [0, 0.05) is 18.7 Å². The van der Waals surface area contributed by atoms with Gasteiger partial charge < -0.3 is 20.1 Å². The summed E-state index contributed by atoms with van der Waals surface area (Å²) < 4.78 is 25.1. The van der Waals surface area contributed by atoms with Crippen LogP contribution in [0.5, 0.6) is 5.75 Å². The van der Waals surface area contributed by atoms with Crippen molar-refractivity contribution in [3.63, 3.8) is 0 Å². The lowest BCUT2D eigenvalue weighted by atomic mass is 10.0. The summed E-state index contributed by atoms with van der Waals surface area (Å²) in [6.07, 6.45) is 4.62. The van der Waals surface area contributed by atoms with E-state index in [1.807, 2.05) is 17.5 Å². The van der Waals surface area contributed by atoms with Crippen LogP contribution in [0.1, 0.15) is 23.4 Å². The molecule has 2 heterocycles. The van der Waals surface area contributed by atoms with Crippen molar-refractivity contribution in [1.29, 1.82) is 10.7 Å². The molecule has 1 aromatic carbocycles. The molecular weight excluding hydrogens is 405 g/mol. The zero-order valence-corrected chi connectivity index (χ0v) is 16.7. The number of halogens is 1. The number of ether oxygens (including phenoxy) is 2. The first-order valence-electron chi connectivity index (χ1n) is 9.22. The van der Waals surface area contributed by atoms with Gasteiger partial charge in [-0.3, -0.25) is 10.7 Å². The Kier molecular flexibility index (Phi) is 6.61. The normalized spacial score (nSPS) is 13.1. The van der Waals surface area contributed by atoms with Crippen LogP contribution in [-0.4, -0.2) is 42.2 Å². The lowest BCUT2D eigenvalue weighted by molar-refractivity contribution is 0.143. The molecule has 0 saturated carbocycles. The van der Waals surface area contributed by atoms with Crippen LogP contribution in [-0.2, 0) is 11.3 Å². The van der Waals surface area contributed by atoms with Crippen molar-refractivity contribution in [1.82, 2.24) is 15.3 Å². The Morgan fingerprint density at radius 1 is 1.42 bits per heavy atom. The number of nitriles is 1. The molecule has 0 bridgehead atoms. The molecule has 2 aromatic rings. The molecule has 11 heteroatoms. The van der Waals surface area contributed by atoms with Gasteiger partial charge in [0.05, 0.1) is 30.8 Å². The fourth-order valence-electron chi connectivity index (χ4n) is 3.07. The number of guanidine groups is 1. The number of nitrogens with two attached hydrogens (primary N) is 1. The predicted molar refractivity (Wildman–Crippen MR) is 110 cm³/mol. The number of methoxy groups -OCH3 is 1. The van der Waals surface area contributed by atoms with E-state index < -0.39 is 17.9 Å². The minimum atomic E-state index is -0.970. The number of hydrogen-bond acceptors (Lipinski definition) is 8. The van der Waals surface area contributed by atoms with Crippen LogP contribution in [0.15, 0.2) is 30.6 Å². The van der Waals surface area contributed by atoms with E-state index in [0.717, 1.165) is 5.57 Å². The minimum absolute atomic E-state index is 0.0981. The van der Waals surface area contributed by atoms with Gasteiger partial charge in [-0.15, -0.1) is 0 Å². The lowest BCUT2D eigenvalue weighted by Gasteiger charge is -2.29. The largest absolute Gasteiger partial charge is 0.494 e. The summed E-state index contributed by atoms with van der Waals surface area (Å²) in [7, 11) is 1.53. The first-order valence-corrected chi connectivity index (χ1v) is 9.22. The summed E-state index contributed by atoms with van der Waals surface area (Å²) in [6, 6.07) is 4.86. The van der Waals surface area contributed by atoms with Crippen molar-refractivity contribution >= 4 is 23.3 Å². The third-order valence-corrected chi connectivity index (χ3v) is 4.59. The maximum absolute atomic E-state index is 15.2. The van der Waals surface area contributed by atoms with Crippen LogP contribution >= 0.6 is 0 Å². The van der Waals surface area contributed by atoms with Gasteiger partial charge in [-0.25, -0.2) is 19.2 Å². The SMILES string of the molecule is COc1cnc(C2=CCN(c3c(C#N)ccc(COC(=O)NC(=N)N)c3F)CC2)nc1. The molecule has 1 aromatic heterocycles. The smallest absolute Gasteiger partial charge is 0.414 e. The number of alkyl carbamates (subject to hydrolysis) is 1. The van der Waals surface area contributed by atoms with Gasteiger partial charge >= 0.3 is 6.09 Å². The second kappa shape index (κ2) is 9.53. The van der Waals surface area contributed by atoms with Gasteiger partial charge in [-0.1, -0.05) is 12.1 Å².